The summed E-state index contributed by atoms with van der Waals surface area (Å²) in [7, 11) is -3.75. The predicted octanol–water partition coefficient (Wildman–Crippen LogP) is 3.29. The van der Waals surface area contributed by atoms with Crippen LogP contribution in [0.25, 0.3) is 0 Å². The first-order chi connectivity index (χ1) is 12.2. The third-order valence-electron chi connectivity index (χ3n) is 3.46. The topological polar surface area (TPSA) is 66.5 Å². The number of nitrogens with zero attached hydrogens (tertiary/aromatic N) is 1. The van der Waals surface area contributed by atoms with Crippen molar-refractivity contribution in [1.29, 1.82) is 0 Å². The van der Waals surface area contributed by atoms with Crippen LogP contribution in [0.5, 0.6) is 0 Å². The maximum Gasteiger partial charge on any atom is 0.232 e. The molecule has 0 aliphatic heterocycles. The summed E-state index contributed by atoms with van der Waals surface area (Å²) in [4.78, 5) is 11.9. The van der Waals surface area contributed by atoms with Gasteiger partial charge in [-0.05, 0) is 36.8 Å². The molecule has 0 heterocycles. The normalized spacial score (nSPS) is 11.2. The lowest BCUT2D eigenvalue weighted by atomic mass is 10.2. The Morgan fingerprint density at radius 1 is 1.08 bits per heavy atom. The van der Waals surface area contributed by atoms with Gasteiger partial charge in [-0.2, -0.15) is 0 Å². The number of carbonyl (C=O) groups is 1. The monoisotopic (exact) mass is 386 g/mol. The van der Waals surface area contributed by atoms with E-state index in [9.17, 15) is 26.4 Å². The molecule has 26 heavy (non-hydrogen) atoms. The molecule has 0 spiro atoms. The van der Waals surface area contributed by atoms with Crippen LogP contribution >= 0.6 is 0 Å². The molecule has 1 N–H and O–H groups in total. The zero-order chi connectivity index (χ0) is 19.3. The smallest absolute Gasteiger partial charge is 0.232 e. The molecule has 0 unspecified atom stereocenters. The van der Waals surface area contributed by atoms with E-state index in [-0.39, 0.29) is 30.8 Å². The summed E-state index contributed by atoms with van der Waals surface area (Å²) in [5.41, 5.74) is 0.257. The fourth-order valence-corrected chi connectivity index (χ4v) is 3.26. The SMILES string of the molecule is CS(=O)(=O)N(CCCC(=O)Nc1cccc(F)c1)c1ccc(F)c(F)c1. The van der Waals surface area contributed by atoms with E-state index in [0.717, 1.165) is 34.8 Å². The molecule has 0 atom stereocenters. The van der Waals surface area contributed by atoms with E-state index in [1.807, 2.05) is 0 Å². The second-order valence-corrected chi connectivity index (χ2v) is 7.50. The van der Waals surface area contributed by atoms with Crippen LogP contribution in [0.3, 0.4) is 0 Å². The minimum atomic E-state index is -3.75. The Morgan fingerprint density at radius 3 is 2.42 bits per heavy atom. The molecule has 0 aliphatic rings. The fraction of sp³-hybridized carbons (Fsp3) is 0.235. The van der Waals surface area contributed by atoms with Crippen LogP contribution in [0.1, 0.15) is 12.8 Å². The summed E-state index contributed by atoms with van der Waals surface area (Å²) < 4.78 is 64.2. The number of hydrogen-bond donors (Lipinski definition) is 1. The van der Waals surface area contributed by atoms with Crippen molar-refractivity contribution in [2.24, 2.45) is 0 Å². The molecule has 140 valence electrons. The molecule has 0 radical (unpaired) electrons. The van der Waals surface area contributed by atoms with Crippen molar-refractivity contribution in [3.05, 3.63) is 59.9 Å². The Labute approximate surface area is 149 Å². The first-order valence-corrected chi connectivity index (χ1v) is 9.50. The third-order valence-corrected chi connectivity index (χ3v) is 4.66. The van der Waals surface area contributed by atoms with E-state index in [0.29, 0.717) is 0 Å². The maximum absolute atomic E-state index is 13.4. The van der Waals surface area contributed by atoms with Gasteiger partial charge in [-0.25, -0.2) is 21.6 Å². The van der Waals surface area contributed by atoms with Gasteiger partial charge < -0.3 is 5.32 Å². The van der Waals surface area contributed by atoms with Crippen LogP contribution in [0.4, 0.5) is 24.5 Å². The quantitative estimate of drug-likeness (QED) is 0.794. The van der Waals surface area contributed by atoms with Crippen molar-refractivity contribution in [3.8, 4) is 0 Å². The molecule has 0 aliphatic carbocycles. The summed E-state index contributed by atoms with van der Waals surface area (Å²) in [6.45, 7) is -0.0967. The number of sulfonamides is 1. The number of benzene rings is 2. The van der Waals surface area contributed by atoms with Crippen molar-refractivity contribution in [1.82, 2.24) is 0 Å². The highest BCUT2D eigenvalue weighted by Crippen LogP contribution is 2.21. The first kappa shape index (κ1) is 19.8. The molecule has 0 aromatic heterocycles. The second kappa shape index (κ2) is 8.22. The minimum Gasteiger partial charge on any atom is -0.326 e. The van der Waals surface area contributed by atoms with Gasteiger partial charge in [0.1, 0.15) is 5.82 Å². The molecule has 2 aromatic rings. The Bertz CT molecular complexity index is 904. The van der Waals surface area contributed by atoms with Gasteiger partial charge in [-0.15, -0.1) is 0 Å². The molecule has 2 rings (SSSR count). The average Bonchev–Trinajstić information content (AvgIpc) is 2.53. The minimum absolute atomic E-state index is 0.0306. The summed E-state index contributed by atoms with van der Waals surface area (Å²) in [6.07, 6.45) is 1.03. The molecular weight excluding hydrogens is 369 g/mol. The zero-order valence-electron chi connectivity index (χ0n) is 13.9. The lowest BCUT2D eigenvalue weighted by Crippen LogP contribution is -2.31. The van der Waals surface area contributed by atoms with Crippen LogP contribution in [-0.4, -0.2) is 27.1 Å². The predicted molar refractivity (Wildman–Crippen MR) is 92.8 cm³/mol. The van der Waals surface area contributed by atoms with Crippen LogP contribution < -0.4 is 9.62 Å². The molecule has 0 saturated heterocycles. The first-order valence-electron chi connectivity index (χ1n) is 7.65. The van der Waals surface area contributed by atoms with Gasteiger partial charge in [0.15, 0.2) is 11.6 Å². The average molecular weight is 386 g/mol. The molecular formula is C17H17F3N2O3S. The van der Waals surface area contributed by atoms with E-state index >= 15 is 0 Å². The van der Waals surface area contributed by atoms with Crippen molar-refractivity contribution in [2.45, 2.75) is 12.8 Å². The third kappa shape index (κ3) is 5.48. The molecule has 9 heteroatoms. The van der Waals surface area contributed by atoms with Crippen molar-refractivity contribution < 1.29 is 26.4 Å². The summed E-state index contributed by atoms with van der Waals surface area (Å²) in [5, 5.41) is 2.50. The molecule has 1 amide bonds. The van der Waals surface area contributed by atoms with Gasteiger partial charge in [-0.1, -0.05) is 6.07 Å². The highest BCUT2D eigenvalue weighted by atomic mass is 32.2. The van der Waals surface area contributed by atoms with Gasteiger partial charge in [0.2, 0.25) is 15.9 Å². The molecule has 0 fully saturated rings. The summed E-state index contributed by atoms with van der Waals surface area (Å²) in [5.74, 6) is -3.17. The number of rotatable bonds is 7. The lowest BCUT2D eigenvalue weighted by Gasteiger charge is -2.22. The van der Waals surface area contributed by atoms with Crippen LogP contribution in [0.2, 0.25) is 0 Å². The Balaban J connectivity index is 1.99. The number of carbonyl (C=O) groups excluding carboxylic acids is 1. The molecule has 0 saturated carbocycles. The second-order valence-electron chi connectivity index (χ2n) is 5.60. The largest absolute Gasteiger partial charge is 0.326 e. The van der Waals surface area contributed by atoms with Crippen LogP contribution in [0.15, 0.2) is 42.5 Å². The standard InChI is InChI=1S/C17H17F3N2O3S/c1-26(24,25)22(14-7-8-15(19)16(20)11-14)9-3-6-17(23)21-13-5-2-4-12(18)10-13/h2,4-5,7-8,10-11H,3,6,9H2,1H3,(H,21,23). The maximum atomic E-state index is 13.4. The molecule has 5 nitrogen and oxygen atoms in total. The van der Waals surface area contributed by atoms with Crippen LogP contribution in [-0.2, 0) is 14.8 Å². The highest BCUT2D eigenvalue weighted by Gasteiger charge is 2.19. The van der Waals surface area contributed by atoms with Crippen molar-refractivity contribution in [3.63, 3.8) is 0 Å². The fourth-order valence-electron chi connectivity index (χ4n) is 2.30. The van der Waals surface area contributed by atoms with Gasteiger partial charge in [0.05, 0.1) is 11.9 Å². The van der Waals surface area contributed by atoms with Gasteiger partial charge >= 0.3 is 0 Å². The summed E-state index contributed by atoms with van der Waals surface area (Å²) in [6, 6.07) is 8.11. The van der Waals surface area contributed by atoms with Crippen molar-refractivity contribution >= 4 is 27.3 Å². The van der Waals surface area contributed by atoms with Crippen molar-refractivity contribution in [2.75, 3.05) is 22.4 Å². The number of hydrogen-bond acceptors (Lipinski definition) is 3. The Hall–Kier alpha value is -2.55. The van der Waals surface area contributed by atoms with E-state index in [1.165, 1.54) is 18.2 Å². The van der Waals surface area contributed by atoms with E-state index in [1.54, 1.807) is 0 Å². The lowest BCUT2D eigenvalue weighted by molar-refractivity contribution is -0.116. The molecule has 0 bridgehead atoms. The van der Waals surface area contributed by atoms with Gasteiger partial charge in [0.25, 0.3) is 0 Å². The highest BCUT2D eigenvalue weighted by molar-refractivity contribution is 7.92. The number of amides is 1. The number of halogens is 3. The van der Waals surface area contributed by atoms with Gasteiger partial charge in [0, 0.05) is 24.7 Å². The zero-order valence-corrected chi connectivity index (χ0v) is 14.7. The summed E-state index contributed by atoms with van der Waals surface area (Å²) >= 11 is 0. The van der Waals surface area contributed by atoms with Crippen LogP contribution in [0, 0.1) is 17.5 Å². The number of nitrogens with one attached hydrogen (secondary N) is 1. The molecule has 2 aromatic carbocycles. The Kier molecular flexibility index (Phi) is 6.25. The number of anilines is 2. The van der Waals surface area contributed by atoms with E-state index in [2.05, 4.69) is 5.32 Å². The van der Waals surface area contributed by atoms with E-state index in [4.69, 9.17) is 0 Å². The van der Waals surface area contributed by atoms with E-state index < -0.39 is 33.4 Å². The van der Waals surface area contributed by atoms with Gasteiger partial charge in [-0.3, -0.25) is 9.10 Å². The Morgan fingerprint density at radius 2 is 1.81 bits per heavy atom.